The lowest BCUT2D eigenvalue weighted by atomic mass is 9.69. The van der Waals surface area contributed by atoms with Crippen molar-refractivity contribution >= 4 is 5.78 Å². The molecule has 1 saturated heterocycles. The van der Waals surface area contributed by atoms with Gasteiger partial charge in [0.15, 0.2) is 0 Å². The maximum Gasteiger partial charge on any atom is 0.140 e. The van der Waals surface area contributed by atoms with E-state index in [-0.39, 0.29) is 12.0 Å². The van der Waals surface area contributed by atoms with E-state index in [1.165, 1.54) is 36.8 Å². The zero-order chi connectivity index (χ0) is 22.2. The van der Waals surface area contributed by atoms with Gasteiger partial charge in [0.2, 0.25) is 0 Å². The van der Waals surface area contributed by atoms with Crippen LogP contribution in [0.3, 0.4) is 0 Å². The summed E-state index contributed by atoms with van der Waals surface area (Å²) in [7, 11) is 0. The summed E-state index contributed by atoms with van der Waals surface area (Å²) >= 11 is 0. The molecule has 0 N–H and O–H groups in total. The molecule has 0 aromatic carbocycles. The Balaban J connectivity index is 1.19. The third-order valence-corrected chi connectivity index (χ3v) is 8.90. The minimum Gasteiger partial charge on any atom is -0.373 e. The monoisotopic (exact) mass is 440 g/mol. The van der Waals surface area contributed by atoms with Crippen molar-refractivity contribution in [2.24, 2.45) is 29.6 Å². The van der Waals surface area contributed by atoms with Gasteiger partial charge in [-0.15, -0.1) is 0 Å². The average molecular weight is 441 g/mol. The summed E-state index contributed by atoms with van der Waals surface area (Å²) in [5.41, 5.74) is 5.96. The van der Waals surface area contributed by atoms with E-state index in [0.29, 0.717) is 35.9 Å². The number of Topliss-reactive ketones (excluding diaryl/α,β-unsaturated/α-hetero) is 1. The molecule has 0 aromatic heterocycles. The van der Waals surface area contributed by atoms with E-state index in [4.69, 9.17) is 4.74 Å². The third-order valence-electron chi connectivity index (χ3n) is 8.90. The molecule has 1 aliphatic heterocycles. The Hall–Kier alpha value is -2.19. The molecule has 0 aromatic rings. The molecule has 33 heavy (non-hydrogen) atoms. The van der Waals surface area contributed by atoms with Crippen LogP contribution in [-0.4, -0.2) is 18.5 Å². The van der Waals surface area contributed by atoms with Crippen LogP contribution in [0.2, 0.25) is 0 Å². The van der Waals surface area contributed by atoms with Gasteiger partial charge in [0.1, 0.15) is 5.78 Å². The normalized spacial score (nSPS) is 36.4. The van der Waals surface area contributed by atoms with Crippen molar-refractivity contribution in [2.75, 3.05) is 6.61 Å². The molecule has 1 heterocycles. The van der Waals surface area contributed by atoms with Crippen LogP contribution in [0.25, 0.3) is 0 Å². The summed E-state index contributed by atoms with van der Waals surface area (Å²) in [6.07, 6.45) is 32.8. The van der Waals surface area contributed by atoms with Crippen molar-refractivity contribution < 1.29 is 9.53 Å². The first-order valence-electron chi connectivity index (χ1n) is 13.2. The molecule has 5 aliphatic carbocycles. The Morgan fingerprint density at radius 2 is 1.94 bits per heavy atom. The summed E-state index contributed by atoms with van der Waals surface area (Å²) in [6, 6.07) is 0. The number of carbonyl (C=O) groups excluding carboxylic acids is 1. The topological polar surface area (TPSA) is 26.3 Å². The van der Waals surface area contributed by atoms with Gasteiger partial charge in [0.05, 0.1) is 6.10 Å². The zero-order valence-corrected chi connectivity index (χ0v) is 19.6. The van der Waals surface area contributed by atoms with E-state index >= 15 is 0 Å². The van der Waals surface area contributed by atoms with Gasteiger partial charge in [-0.05, 0) is 62.4 Å². The SMILES string of the molecule is O=C(CCC1=CC2OCCC2C=C1)C1C=C2C(CC3=CC=CC3)CCCC2C1C1=CC=CC1. The van der Waals surface area contributed by atoms with Gasteiger partial charge in [-0.1, -0.05) is 83.9 Å². The number of carbonyl (C=O) groups is 1. The average Bonchev–Trinajstić information content (AvgIpc) is 3.63. The highest BCUT2D eigenvalue weighted by molar-refractivity contribution is 5.85. The summed E-state index contributed by atoms with van der Waals surface area (Å²) in [5.74, 6) is 2.64. The van der Waals surface area contributed by atoms with Crippen LogP contribution in [0.4, 0.5) is 0 Å². The van der Waals surface area contributed by atoms with E-state index in [2.05, 4.69) is 60.8 Å². The van der Waals surface area contributed by atoms with Crippen molar-refractivity contribution in [3.05, 3.63) is 83.1 Å². The maximum absolute atomic E-state index is 13.7. The Bertz CT molecular complexity index is 1010. The van der Waals surface area contributed by atoms with Crippen LogP contribution in [0, 0.1) is 29.6 Å². The largest absolute Gasteiger partial charge is 0.373 e. The summed E-state index contributed by atoms with van der Waals surface area (Å²) < 4.78 is 5.86. The van der Waals surface area contributed by atoms with E-state index < -0.39 is 0 Å². The molecule has 6 rings (SSSR count). The Morgan fingerprint density at radius 1 is 1.03 bits per heavy atom. The van der Waals surface area contributed by atoms with Crippen LogP contribution in [0.15, 0.2) is 83.1 Å². The second-order valence-electron chi connectivity index (χ2n) is 10.8. The lowest BCUT2D eigenvalue weighted by Crippen LogP contribution is -2.28. The third kappa shape index (κ3) is 4.23. The predicted octanol–water partition coefficient (Wildman–Crippen LogP) is 6.99. The molecule has 6 aliphatic rings. The van der Waals surface area contributed by atoms with Crippen LogP contribution < -0.4 is 0 Å². The molecule has 2 fully saturated rings. The van der Waals surface area contributed by atoms with Gasteiger partial charge in [-0.2, -0.15) is 0 Å². The number of allylic oxidation sites excluding steroid dienone is 12. The molecule has 1 saturated carbocycles. The molecule has 172 valence electrons. The van der Waals surface area contributed by atoms with Crippen molar-refractivity contribution in [1.29, 1.82) is 0 Å². The van der Waals surface area contributed by atoms with E-state index in [0.717, 1.165) is 32.3 Å². The molecule has 0 amide bonds. The number of ketones is 1. The minimum absolute atomic E-state index is 0.0658. The molecular formula is C31H36O2. The number of fused-ring (bicyclic) bond motifs is 2. The second-order valence-corrected chi connectivity index (χ2v) is 10.8. The van der Waals surface area contributed by atoms with Gasteiger partial charge in [0, 0.05) is 30.8 Å². The lowest BCUT2D eigenvalue weighted by Gasteiger charge is -2.35. The van der Waals surface area contributed by atoms with Crippen molar-refractivity contribution in [2.45, 2.75) is 63.9 Å². The first kappa shape index (κ1) is 21.4. The molecule has 0 bridgehead atoms. The van der Waals surface area contributed by atoms with Gasteiger partial charge < -0.3 is 4.74 Å². The fourth-order valence-corrected chi connectivity index (χ4v) is 7.22. The minimum atomic E-state index is 0.0658. The maximum atomic E-state index is 13.7. The number of hydrogen-bond acceptors (Lipinski definition) is 2. The van der Waals surface area contributed by atoms with E-state index in [9.17, 15) is 4.79 Å². The molecular weight excluding hydrogens is 404 g/mol. The van der Waals surface area contributed by atoms with E-state index in [1.807, 2.05) is 0 Å². The molecule has 0 radical (unpaired) electrons. The Labute approximate surface area is 198 Å². The van der Waals surface area contributed by atoms with Crippen LogP contribution in [0.5, 0.6) is 0 Å². The van der Waals surface area contributed by atoms with Crippen molar-refractivity contribution in [3.63, 3.8) is 0 Å². The molecule has 2 nitrogen and oxygen atoms in total. The van der Waals surface area contributed by atoms with Gasteiger partial charge >= 0.3 is 0 Å². The number of hydrogen-bond donors (Lipinski definition) is 0. The van der Waals surface area contributed by atoms with Crippen molar-refractivity contribution in [1.82, 2.24) is 0 Å². The standard InChI is InChI=1S/C31H36O2/c32-29(15-13-22-12-14-23-16-17-33-30(23)19-22)28-20-27-25(18-21-6-1-2-7-21)10-5-11-26(27)31(28)24-8-3-4-9-24/h1-4,6,8,12,14,19-20,23,25-26,28,30-31H,5,7,9-11,13,15-18H2. The summed E-state index contributed by atoms with van der Waals surface area (Å²) in [6.45, 7) is 0.860. The molecule has 0 spiro atoms. The zero-order valence-electron chi connectivity index (χ0n) is 19.6. The highest BCUT2D eigenvalue weighted by Crippen LogP contribution is 2.53. The van der Waals surface area contributed by atoms with Crippen molar-refractivity contribution in [3.8, 4) is 0 Å². The first-order chi connectivity index (χ1) is 16.3. The summed E-state index contributed by atoms with van der Waals surface area (Å²) in [5, 5.41) is 0. The fraction of sp³-hybridized carbons (Fsp3) is 0.516. The number of rotatable bonds is 7. The van der Waals surface area contributed by atoms with Gasteiger partial charge in [-0.25, -0.2) is 0 Å². The van der Waals surface area contributed by atoms with Gasteiger partial charge in [-0.3, -0.25) is 4.79 Å². The molecule has 2 heteroatoms. The quantitative estimate of drug-likeness (QED) is 0.399. The van der Waals surface area contributed by atoms with Crippen LogP contribution in [0.1, 0.15) is 57.8 Å². The molecule has 6 atom stereocenters. The van der Waals surface area contributed by atoms with Gasteiger partial charge in [0.25, 0.3) is 0 Å². The fourth-order valence-electron chi connectivity index (χ4n) is 7.22. The lowest BCUT2D eigenvalue weighted by molar-refractivity contribution is -0.122. The highest BCUT2D eigenvalue weighted by Gasteiger charge is 2.45. The van der Waals surface area contributed by atoms with Crippen LogP contribution >= 0.6 is 0 Å². The van der Waals surface area contributed by atoms with Crippen LogP contribution in [-0.2, 0) is 9.53 Å². The van der Waals surface area contributed by atoms with E-state index in [1.54, 1.807) is 11.1 Å². The number of ether oxygens (including phenoxy) is 1. The summed E-state index contributed by atoms with van der Waals surface area (Å²) in [4.78, 5) is 13.7. The Morgan fingerprint density at radius 3 is 2.79 bits per heavy atom. The predicted molar refractivity (Wildman–Crippen MR) is 134 cm³/mol. The smallest absolute Gasteiger partial charge is 0.140 e. The Kier molecular flexibility index (Phi) is 5.96. The second kappa shape index (κ2) is 9.22. The first-order valence-corrected chi connectivity index (χ1v) is 13.2. The molecule has 6 unspecified atom stereocenters. The highest BCUT2D eigenvalue weighted by atomic mass is 16.5.